The summed E-state index contributed by atoms with van der Waals surface area (Å²) in [5.41, 5.74) is 0.577. The van der Waals surface area contributed by atoms with Crippen molar-refractivity contribution in [3.05, 3.63) is 0 Å². The van der Waals surface area contributed by atoms with Crippen LogP contribution in [0.2, 0.25) is 0 Å². The molecule has 1 nitrogen and oxygen atoms in total. The average molecular weight is 151 g/mol. The standard InChI is InChI=1S/C10H17N/c1-4-5-6-11-9-7-10(2,3)8-9/h1,9,11H,5-8H2,2-3H3. The summed E-state index contributed by atoms with van der Waals surface area (Å²) in [6.07, 6.45) is 8.60. The molecule has 0 aromatic heterocycles. The highest BCUT2D eigenvalue weighted by Gasteiger charge is 2.35. The minimum absolute atomic E-state index is 0.577. The first-order valence-electron chi connectivity index (χ1n) is 4.31. The van der Waals surface area contributed by atoms with Crippen LogP contribution in [0, 0.1) is 17.8 Å². The van der Waals surface area contributed by atoms with Crippen molar-refractivity contribution in [2.24, 2.45) is 5.41 Å². The maximum atomic E-state index is 5.14. The minimum atomic E-state index is 0.577. The molecule has 1 rings (SSSR count). The first-order chi connectivity index (χ1) is 5.14. The van der Waals surface area contributed by atoms with Crippen molar-refractivity contribution in [1.29, 1.82) is 0 Å². The Kier molecular flexibility index (Phi) is 2.57. The Labute approximate surface area is 69.6 Å². The molecule has 0 aromatic rings. The van der Waals surface area contributed by atoms with Crippen LogP contribution in [0.5, 0.6) is 0 Å². The molecular formula is C10H17N. The van der Waals surface area contributed by atoms with E-state index in [0.717, 1.165) is 19.0 Å². The maximum absolute atomic E-state index is 5.14. The lowest BCUT2D eigenvalue weighted by Crippen LogP contribution is -2.46. The molecule has 0 bridgehead atoms. The van der Waals surface area contributed by atoms with Gasteiger partial charge in [0.1, 0.15) is 0 Å². The third kappa shape index (κ3) is 2.55. The highest BCUT2D eigenvalue weighted by atomic mass is 14.9. The van der Waals surface area contributed by atoms with Gasteiger partial charge in [-0.05, 0) is 18.3 Å². The van der Waals surface area contributed by atoms with Crippen LogP contribution in [0.1, 0.15) is 33.1 Å². The maximum Gasteiger partial charge on any atom is 0.0211 e. The lowest BCUT2D eigenvalue weighted by Gasteiger charge is -2.43. The molecular weight excluding hydrogens is 134 g/mol. The molecule has 1 fully saturated rings. The van der Waals surface area contributed by atoms with E-state index >= 15 is 0 Å². The van der Waals surface area contributed by atoms with Crippen molar-refractivity contribution in [3.8, 4) is 12.3 Å². The molecule has 0 amide bonds. The first kappa shape index (κ1) is 8.62. The number of terminal acetylenes is 1. The minimum Gasteiger partial charge on any atom is -0.313 e. The molecule has 1 N–H and O–H groups in total. The SMILES string of the molecule is C#CCCNC1CC(C)(C)C1. The molecule has 1 saturated carbocycles. The van der Waals surface area contributed by atoms with Crippen LogP contribution in [-0.2, 0) is 0 Å². The van der Waals surface area contributed by atoms with Gasteiger partial charge in [-0.1, -0.05) is 13.8 Å². The van der Waals surface area contributed by atoms with Gasteiger partial charge in [0.2, 0.25) is 0 Å². The monoisotopic (exact) mass is 151 g/mol. The molecule has 0 atom stereocenters. The van der Waals surface area contributed by atoms with Crippen molar-refractivity contribution in [2.75, 3.05) is 6.54 Å². The van der Waals surface area contributed by atoms with Crippen LogP contribution >= 0.6 is 0 Å². The van der Waals surface area contributed by atoms with Gasteiger partial charge < -0.3 is 5.32 Å². The van der Waals surface area contributed by atoms with Gasteiger partial charge in [-0.25, -0.2) is 0 Å². The van der Waals surface area contributed by atoms with Gasteiger partial charge in [0, 0.05) is 19.0 Å². The Morgan fingerprint density at radius 2 is 2.18 bits per heavy atom. The molecule has 0 heterocycles. The van der Waals surface area contributed by atoms with Crippen molar-refractivity contribution < 1.29 is 0 Å². The van der Waals surface area contributed by atoms with Gasteiger partial charge >= 0.3 is 0 Å². The second-order valence-electron chi connectivity index (χ2n) is 4.18. The summed E-state index contributed by atoms with van der Waals surface area (Å²) in [6, 6.07) is 0.735. The van der Waals surface area contributed by atoms with Crippen molar-refractivity contribution in [1.82, 2.24) is 5.32 Å². The van der Waals surface area contributed by atoms with E-state index in [4.69, 9.17) is 6.42 Å². The summed E-state index contributed by atoms with van der Waals surface area (Å²) in [5.74, 6) is 2.63. The van der Waals surface area contributed by atoms with E-state index in [1.54, 1.807) is 0 Å². The van der Waals surface area contributed by atoms with E-state index in [-0.39, 0.29) is 0 Å². The van der Waals surface area contributed by atoms with E-state index in [1.807, 2.05) is 0 Å². The zero-order valence-corrected chi connectivity index (χ0v) is 7.48. The lowest BCUT2D eigenvalue weighted by molar-refractivity contribution is 0.127. The van der Waals surface area contributed by atoms with Crippen LogP contribution in [-0.4, -0.2) is 12.6 Å². The average Bonchev–Trinajstić information content (AvgIpc) is 1.84. The number of hydrogen-bond donors (Lipinski definition) is 1. The molecule has 0 unspecified atom stereocenters. The molecule has 1 heteroatoms. The fourth-order valence-electron chi connectivity index (χ4n) is 1.77. The highest BCUT2D eigenvalue weighted by molar-refractivity contribution is 4.92. The van der Waals surface area contributed by atoms with Crippen molar-refractivity contribution in [2.45, 2.75) is 39.2 Å². The van der Waals surface area contributed by atoms with E-state index in [9.17, 15) is 0 Å². The van der Waals surface area contributed by atoms with Crippen molar-refractivity contribution >= 4 is 0 Å². The Balaban J connectivity index is 2.01. The third-order valence-corrected chi connectivity index (χ3v) is 2.30. The van der Waals surface area contributed by atoms with Crippen LogP contribution in [0.3, 0.4) is 0 Å². The van der Waals surface area contributed by atoms with E-state index in [0.29, 0.717) is 5.41 Å². The predicted octanol–water partition coefficient (Wildman–Crippen LogP) is 1.79. The molecule has 62 valence electrons. The molecule has 1 aliphatic rings. The second-order valence-corrected chi connectivity index (χ2v) is 4.18. The predicted molar refractivity (Wildman–Crippen MR) is 48.3 cm³/mol. The Morgan fingerprint density at radius 1 is 1.55 bits per heavy atom. The summed E-state index contributed by atoms with van der Waals surface area (Å²) < 4.78 is 0. The fourth-order valence-corrected chi connectivity index (χ4v) is 1.77. The number of hydrogen-bond acceptors (Lipinski definition) is 1. The van der Waals surface area contributed by atoms with Crippen LogP contribution in [0.25, 0.3) is 0 Å². The summed E-state index contributed by atoms with van der Waals surface area (Å²) in [6.45, 7) is 5.61. The molecule has 0 saturated heterocycles. The van der Waals surface area contributed by atoms with Crippen LogP contribution < -0.4 is 5.32 Å². The van der Waals surface area contributed by atoms with Gasteiger partial charge in [0.25, 0.3) is 0 Å². The molecule has 0 radical (unpaired) electrons. The van der Waals surface area contributed by atoms with Gasteiger partial charge in [-0.15, -0.1) is 12.3 Å². The lowest BCUT2D eigenvalue weighted by atomic mass is 9.68. The zero-order chi connectivity index (χ0) is 8.32. The summed E-state index contributed by atoms with van der Waals surface area (Å²) >= 11 is 0. The second kappa shape index (κ2) is 3.28. The summed E-state index contributed by atoms with van der Waals surface area (Å²) in [7, 11) is 0. The molecule has 0 aliphatic heterocycles. The van der Waals surface area contributed by atoms with E-state index in [2.05, 4.69) is 25.1 Å². The van der Waals surface area contributed by atoms with Gasteiger partial charge in [-0.3, -0.25) is 0 Å². The van der Waals surface area contributed by atoms with E-state index in [1.165, 1.54) is 12.8 Å². The van der Waals surface area contributed by atoms with Crippen LogP contribution in [0.15, 0.2) is 0 Å². The quantitative estimate of drug-likeness (QED) is 0.479. The Bertz CT molecular complexity index is 156. The molecule has 11 heavy (non-hydrogen) atoms. The van der Waals surface area contributed by atoms with Crippen molar-refractivity contribution in [3.63, 3.8) is 0 Å². The smallest absolute Gasteiger partial charge is 0.0211 e. The molecule has 1 aliphatic carbocycles. The Morgan fingerprint density at radius 3 is 2.64 bits per heavy atom. The van der Waals surface area contributed by atoms with Gasteiger partial charge in [0.15, 0.2) is 0 Å². The first-order valence-corrected chi connectivity index (χ1v) is 4.31. The largest absolute Gasteiger partial charge is 0.313 e. The highest BCUT2D eigenvalue weighted by Crippen LogP contribution is 2.39. The summed E-state index contributed by atoms with van der Waals surface area (Å²) in [4.78, 5) is 0. The normalized spacial score (nSPS) is 22.3. The molecule has 0 aromatic carbocycles. The Hall–Kier alpha value is -0.480. The number of nitrogens with one attached hydrogen (secondary N) is 1. The fraction of sp³-hybridized carbons (Fsp3) is 0.800. The van der Waals surface area contributed by atoms with E-state index < -0.39 is 0 Å². The third-order valence-electron chi connectivity index (χ3n) is 2.30. The topological polar surface area (TPSA) is 12.0 Å². The zero-order valence-electron chi connectivity index (χ0n) is 7.48. The van der Waals surface area contributed by atoms with Gasteiger partial charge in [-0.2, -0.15) is 0 Å². The molecule has 0 spiro atoms. The van der Waals surface area contributed by atoms with Gasteiger partial charge in [0.05, 0.1) is 0 Å². The summed E-state index contributed by atoms with van der Waals surface area (Å²) in [5, 5.41) is 3.43. The van der Waals surface area contributed by atoms with Crippen LogP contribution in [0.4, 0.5) is 0 Å². The number of rotatable bonds is 3.